The van der Waals surface area contributed by atoms with Crippen LogP contribution in [0, 0.1) is 6.92 Å². The topological polar surface area (TPSA) is 78.3 Å². The van der Waals surface area contributed by atoms with Gasteiger partial charge in [-0.25, -0.2) is 0 Å². The minimum absolute atomic E-state index is 0.0300. The summed E-state index contributed by atoms with van der Waals surface area (Å²) < 4.78 is 13.0. The Kier molecular flexibility index (Phi) is 6.23. The Hall–Kier alpha value is -3.00. The van der Waals surface area contributed by atoms with Crippen molar-refractivity contribution in [3.05, 3.63) is 53.6 Å². The highest BCUT2D eigenvalue weighted by molar-refractivity contribution is 7.99. The molecule has 3 aromatic rings. The van der Waals surface area contributed by atoms with E-state index in [1.54, 1.807) is 0 Å². The molecule has 1 aliphatic rings. The summed E-state index contributed by atoms with van der Waals surface area (Å²) in [6, 6.07) is 14.0. The van der Waals surface area contributed by atoms with Crippen molar-refractivity contribution in [2.75, 3.05) is 25.5 Å². The Morgan fingerprint density at radius 2 is 1.97 bits per heavy atom. The van der Waals surface area contributed by atoms with E-state index in [1.165, 1.54) is 17.3 Å². The molecule has 1 aromatic heterocycles. The maximum atomic E-state index is 12.2. The number of hydrogen-bond acceptors (Lipinski definition) is 6. The van der Waals surface area contributed by atoms with Gasteiger partial charge in [0.15, 0.2) is 22.5 Å². The van der Waals surface area contributed by atoms with Crippen molar-refractivity contribution < 1.29 is 14.3 Å². The zero-order valence-corrected chi connectivity index (χ0v) is 17.9. The molecule has 0 fully saturated rings. The molecule has 1 amide bonds. The lowest BCUT2D eigenvalue weighted by Crippen LogP contribution is -2.27. The molecule has 0 spiro atoms. The van der Waals surface area contributed by atoms with Gasteiger partial charge >= 0.3 is 0 Å². The lowest BCUT2D eigenvalue weighted by atomic mass is 10.1. The Morgan fingerprint density at radius 1 is 1.13 bits per heavy atom. The van der Waals surface area contributed by atoms with Crippen LogP contribution in [-0.4, -0.2) is 46.2 Å². The highest BCUT2D eigenvalue weighted by Crippen LogP contribution is 2.30. The standard InChI is InChI=1S/C22H24N4O3S/c1-15-4-3-5-17(12-15)21-24-25-22(26(21)2)30-14-20(27)23-9-8-16-6-7-18-19(13-16)29-11-10-28-18/h3-7,12-13H,8-11,14H2,1-2H3,(H,23,27). The second-order valence-electron chi connectivity index (χ2n) is 7.10. The summed E-state index contributed by atoms with van der Waals surface area (Å²) in [5.41, 5.74) is 3.28. The molecule has 1 N–H and O–H groups in total. The van der Waals surface area contributed by atoms with E-state index in [-0.39, 0.29) is 5.91 Å². The maximum absolute atomic E-state index is 12.2. The number of carbonyl (C=O) groups excluding carboxylic acids is 1. The van der Waals surface area contributed by atoms with Crippen LogP contribution in [-0.2, 0) is 18.3 Å². The van der Waals surface area contributed by atoms with Gasteiger partial charge < -0.3 is 19.4 Å². The van der Waals surface area contributed by atoms with Crippen LogP contribution in [0.2, 0.25) is 0 Å². The van der Waals surface area contributed by atoms with Crippen molar-refractivity contribution in [3.63, 3.8) is 0 Å². The first-order valence-electron chi connectivity index (χ1n) is 9.84. The number of nitrogens with one attached hydrogen (secondary N) is 1. The summed E-state index contributed by atoms with van der Waals surface area (Å²) in [6.45, 7) is 3.76. The van der Waals surface area contributed by atoms with Crippen LogP contribution in [0.15, 0.2) is 47.6 Å². The molecule has 0 bridgehead atoms. The van der Waals surface area contributed by atoms with Gasteiger partial charge in [-0.05, 0) is 37.1 Å². The van der Waals surface area contributed by atoms with Crippen LogP contribution in [0.1, 0.15) is 11.1 Å². The molecule has 156 valence electrons. The Balaban J connectivity index is 1.26. The van der Waals surface area contributed by atoms with E-state index in [0.717, 1.165) is 34.9 Å². The molecule has 8 heteroatoms. The molecular formula is C22H24N4O3S. The van der Waals surface area contributed by atoms with Gasteiger partial charge in [0.2, 0.25) is 5.91 Å². The van der Waals surface area contributed by atoms with Crippen LogP contribution in [0.5, 0.6) is 11.5 Å². The van der Waals surface area contributed by atoms with E-state index in [1.807, 2.05) is 54.9 Å². The van der Waals surface area contributed by atoms with E-state index >= 15 is 0 Å². The van der Waals surface area contributed by atoms with E-state index in [9.17, 15) is 4.79 Å². The summed E-state index contributed by atoms with van der Waals surface area (Å²) >= 11 is 1.38. The molecule has 0 saturated carbocycles. The Labute approximate surface area is 179 Å². The maximum Gasteiger partial charge on any atom is 0.230 e. The minimum atomic E-state index is -0.0300. The van der Waals surface area contributed by atoms with E-state index in [0.29, 0.717) is 30.7 Å². The van der Waals surface area contributed by atoms with E-state index in [4.69, 9.17) is 9.47 Å². The smallest absolute Gasteiger partial charge is 0.230 e. The summed E-state index contributed by atoms with van der Waals surface area (Å²) in [5, 5.41) is 12.2. The van der Waals surface area contributed by atoms with Crippen LogP contribution in [0.3, 0.4) is 0 Å². The van der Waals surface area contributed by atoms with Gasteiger partial charge in [0.25, 0.3) is 0 Å². The van der Waals surface area contributed by atoms with Crippen molar-refractivity contribution in [3.8, 4) is 22.9 Å². The molecule has 0 atom stereocenters. The van der Waals surface area contributed by atoms with Gasteiger partial charge in [0, 0.05) is 19.2 Å². The summed E-state index contributed by atoms with van der Waals surface area (Å²) in [4.78, 5) is 12.2. The predicted molar refractivity (Wildman–Crippen MR) is 116 cm³/mol. The third-order valence-electron chi connectivity index (χ3n) is 4.79. The number of ether oxygens (including phenoxy) is 2. The highest BCUT2D eigenvalue weighted by atomic mass is 32.2. The molecular weight excluding hydrogens is 400 g/mol. The number of nitrogens with zero attached hydrogens (tertiary/aromatic N) is 3. The van der Waals surface area contributed by atoms with E-state index in [2.05, 4.69) is 21.6 Å². The predicted octanol–water partition coefficient (Wildman–Crippen LogP) is 3.01. The minimum Gasteiger partial charge on any atom is -0.486 e. The van der Waals surface area contributed by atoms with Gasteiger partial charge in [-0.15, -0.1) is 10.2 Å². The number of aryl methyl sites for hydroxylation is 1. The SMILES string of the molecule is Cc1cccc(-c2nnc(SCC(=O)NCCc3ccc4c(c3)OCCO4)n2C)c1. The third-order valence-corrected chi connectivity index (χ3v) is 5.81. The summed E-state index contributed by atoms with van der Waals surface area (Å²) in [7, 11) is 1.92. The Morgan fingerprint density at radius 3 is 2.80 bits per heavy atom. The molecule has 1 aliphatic heterocycles. The molecule has 0 unspecified atom stereocenters. The number of thioether (sulfide) groups is 1. The Bertz CT molecular complexity index is 1050. The second kappa shape index (κ2) is 9.21. The first-order chi connectivity index (χ1) is 14.6. The first kappa shape index (κ1) is 20.3. The van der Waals surface area contributed by atoms with Gasteiger partial charge in [-0.3, -0.25) is 4.79 Å². The van der Waals surface area contributed by atoms with Gasteiger partial charge in [0.05, 0.1) is 5.75 Å². The van der Waals surface area contributed by atoms with Crippen LogP contribution < -0.4 is 14.8 Å². The van der Waals surface area contributed by atoms with Gasteiger partial charge in [-0.2, -0.15) is 0 Å². The summed E-state index contributed by atoms with van der Waals surface area (Å²) in [5.74, 6) is 2.60. The normalized spacial score (nSPS) is 12.6. The molecule has 7 nitrogen and oxygen atoms in total. The van der Waals surface area contributed by atoms with Gasteiger partial charge in [-0.1, -0.05) is 41.6 Å². The number of benzene rings is 2. The summed E-state index contributed by atoms with van der Waals surface area (Å²) in [6.07, 6.45) is 0.731. The van der Waals surface area contributed by atoms with Gasteiger partial charge in [0.1, 0.15) is 13.2 Å². The lowest BCUT2D eigenvalue weighted by molar-refractivity contribution is -0.118. The average Bonchev–Trinajstić information content (AvgIpc) is 3.12. The largest absolute Gasteiger partial charge is 0.486 e. The van der Waals surface area contributed by atoms with Crippen molar-refractivity contribution in [1.82, 2.24) is 20.1 Å². The highest BCUT2D eigenvalue weighted by Gasteiger charge is 2.14. The second-order valence-corrected chi connectivity index (χ2v) is 8.04. The van der Waals surface area contributed by atoms with Crippen molar-refractivity contribution in [2.45, 2.75) is 18.5 Å². The number of fused-ring (bicyclic) bond motifs is 1. The zero-order chi connectivity index (χ0) is 20.9. The molecule has 30 heavy (non-hydrogen) atoms. The van der Waals surface area contributed by atoms with Crippen molar-refractivity contribution in [1.29, 1.82) is 0 Å². The van der Waals surface area contributed by atoms with Crippen molar-refractivity contribution in [2.24, 2.45) is 7.05 Å². The number of aromatic nitrogens is 3. The van der Waals surface area contributed by atoms with Crippen molar-refractivity contribution >= 4 is 17.7 Å². The fraction of sp³-hybridized carbons (Fsp3) is 0.318. The van der Waals surface area contributed by atoms with Crippen LogP contribution >= 0.6 is 11.8 Å². The lowest BCUT2D eigenvalue weighted by Gasteiger charge is -2.18. The quantitative estimate of drug-likeness (QED) is 0.588. The van der Waals surface area contributed by atoms with E-state index < -0.39 is 0 Å². The average molecular weight is 425 g/mol. The zero-order valence-electron chi connectivity index (χ0n) is 17.1. The molecule has 0 aliphatic carbocycles. The van der Waals surface area contributed by atoms with Crippen LogP contribution in [0.25, 0.3) is 11.4 Å². The fourth-order valence-electron chi connectivity index (χ4n) is 3.25. The van der Waals surface area contributed by atoms with Crippen LogP contribution in [0.4, 0.5) is 0 Å². The number of carbonyl (C=O) groups is 1. The molecule has 0 saturated heterocycles. The molecule has 2 heterocycles. The first-order valence-corrected chi connectivity index (χ1v) is 10.8. The molecule has 2 aromatic carbocycles. The number of rotatable bonds is 7. The molecule has 0 radical (unpaired) electrons. The fourth-order valence-corrected chi connectivity index (χ4v) is 3.99. The molecule has 4 rings (SSSR count). The monoisotopic (exact) mass is 424 g/mol. The number of hydrogen-bond donors (Lipinski definition) is 1. The third kappa shape index (κ3) is 4.76. The number of amides is 1.